The molecule has 0 aliphatic rings. The minimum atomic E-state index is -0.507. The van der Waals surface area contributed by atoms with Crippen molar-refractivity contribution >= 4 is 43.3 Å². The van der Waals surface area contributed by atoms with E-state index >= 15 is 0 Å². The number of carbonyl (C=O) groups is 1. The van der Waals surface area contributed by atoms with Gasteiger partial charge in [-0.25, -0.2) is 0 Å². The quantitative estimate of drug-likeness (QED) is 0.372. The lowest BCUT2D eigenvalue weighted by molar-refractivity contribution is -0.385. The van der Waals surface area contributed by atoms with Crippen LogP contribution in [0.3, 0.4) is 0 Å². The summed E-state index contributed by atoms with van der Waals surface area (Å²) in [7, 11) is 0. The maximum Gasteiger partial charge on any atom is 0.283 e. The minimum absolute atomic E-state index is 0.0453. The summed E-state index contributed by atoms with van der Waals surface area (Å²) >= 11 is 6.06. The van der Waals surface area contributed by atoms with Crippen LogP contribution in [0.15, 0.2) is 22.7 Å². The predicted octanol–water partition coefficient (Wildman–Crippen LogP) is 2.93. The Morgan fingerprint density at radius 3 is 2.57 bits per heavy atom. The van der Waals surface area contributed by atoms with Crippen LogP contribution in [0, 0.1) is 10.1 Å². The molecule has 1 aromatic rings. The first-order valence-electron chi connectivity index (χ1n) is 3.59. The van der Waals surface area contributed by atoms with Crippen molar-refractivity contribution in [1.82, 2.24) is 0 Å². The second-order valence-electron chi connectivity index (χ2n) is 2.48. The van der Waals surface area contributed by atoms with Crippen LogP contribution in [0.1, 0.15) is 10.4 Å². The summed E-state index contributed by atoms with van der Waals surface area (Å²) in [5.41, 5.74) is 0.399. The van der Waals surface area contributed by atoms with E-state index in [0.717, 1.165) is 0 Å². The summed E-state index contributed by atoms with van der Waals surface area (Å²) in [4.78, 5) is 21.2. The van der Waals surface area contributed by atoms with Crippen molar-refractivity contribution in [3.63, 3.8) is 0 Å². The third kappa shape index (κ3) is 2.39. The van der Waals surface area contributed by atoms with Crippen molar-refractivity contribution in [1.29, 1.82) is 0 Å². The highest BCUT2D eigenvalue weighted by Gasteiger charge is 2.13. The molecule has 0 aliphatic carbocycles. The molecular weight excluding hydrogens is 318 g/mol. The number of Topliss-reactive ketones (excluding diaryl/α,β-unsaturated/α-hetero) is 1. The number of nitrogens with zero attached hydrogens (tertiary/aromatic N) is 1. The van der Waals surface area contributed by atoms with Gasteiger partial charge in [0.05, 0.1) is 14.7 Å². The van der Waals surface area contributed by atoms with Crippen LogP contribution < -0.4 is 0 Å². The van der Waals surface area contributed by atoms with Gasteiger partial charge in [-0.3, -0.25) is 14.9 Å². The molecule has 0 aromatic heterocycles. The largest absolute Gasteiger partial charge is 0.293 e. The molecule has 0 spiro atoms. The van der Waals surface area contributed by atoms with Gasteiger partial charge in [-0.05, 0) is 28.1 Å². The van der Waals surface area contributed by atoms with E-state index in [1.165, 1.54) is 18.2 Å². The smallest absolute Gasteiger partial charge is 0.283 e. The first-order chi connectivity index (χ1) is 6.56. The second kappa shape index (κ2) is 4.65. The molecule has 1 rings (SSSR count). The number of halogens is 2. The molecule has 0 amide bonds. The van der Waals surface area contributed by atoms with Crippen molar-refractivity contribution in [3.8, 4) is 0 Å². The van der Waals surface area contributed by atoms with Crippen molar-refractivity contribution in [2.45, 2.75) is 0 Å². The summed E-state index contributed by atoms with van der Waals surface area (Å²) in [5, 5.41) is 10.7. The molecule has 0 fully saturated rings. The molecular formula is C8H5Br2NO3. The average molecular weight is 323 g/mol. The highest BCUT2D eigenvalue weighted by molar-refractivity contribution is 9.10. The van der Waals surface area contributed by atoms with Gasteiger partial charge in [-0.15, -0.1) is 0 Å². The number of ketones is 1. The Balaban J connectivity index is 3.12. The first-order valence-corrected chi connectivity index (χ1v) is 5.51. The Morgan fingerprint density at radius 1 is 1.50 bits per heavy atom. The topological polar surface area (TPSA) is 60.2 Å². The number of alkyl halides is 1. The minimum Gasteiger partial charge on any atom is -0.293 e. The van der Waals surface area contributed by atoms with E-state index in [1.54, 1.807) is 0 Å². The van der Waals surface area contributed by atoms with E-state index in [1.807, 2.05) is 0 Å². The van der Waals surface area contributed by atoms with Crippen LogP contribution in [0.4, 0.5) is 5.69 Å². The number of hydrogen-bond donors (Lipinski definition) is 0. The molecule has 0 unspecified atom stereocenters. The molecule has 1 aromatic carbocycles. The summed E-state index contributed by atoms with van der Waals surface area (Å²) in [6.45, 7) is 0. The molecule has 4 nitrogen and oxygen atoms in total. The molecule has 0 bridgehead atoms. The fraction of sp³-hybridized carbons (Fsp3) is 0.125. The van der Waals surface area contributed by atoms with E-state index in [4.69, 9.17) is 0 Å². The van der Waals surface area contributed by atoms with Gasteiger partial charge in [0.25, 0.3) is 5.69 Å². The second-order valence-corrected chi connectivity index (χ2v) is 3.90. The van der Waals surface area contributed by atoms with Crippen LogP contribution >= 0.6 is 31.9 Å². The van der Waals surface area contributed by atoms with Gasteiger partial charge in [-0.2, -0.15) is 0 Å². The molecule has 0 heterocycles. The highest BCUT2D eigenvalue weighted by atomic mass is 79.9. The number of rotatable bonds is 3. The van der Waals surface area contributed by atoms with Crippen LogP contribution in [-0.4, -0.2) is 16.0 Å². The fourth-order valence-electron chi connectivity index (χ4n) is 0.906. The van der Waals surface area contributed by atoms with E-state index in [2.05, 4.69) is 31.9 Å². The SMILES string of the molecule is O=C(CBr)c1ccc([N+](=O)[O-])c(Br)c1. The number of hydrogen-bond acceptors (Lipinski definition) is 3. The number of carbonyl (C=O) groups excluding carboxylic acids is 1. The van der Waals surface area contributed by atoms with Crippen molar-refractivity contribution < 1.29 is 9.72 Å². The lowest BCUT2D eigenvalue weighted by atomic mass is 10.1. The molecule has 14 heavy (non-hydrogen) atoms. The average Bonchev–Trinajstić information content (AvgIpc) is 2.15. The Hall–Kier alpha value is -0.750. The molecule has 0 radical (unpaired) electrons. The molecule has 0 saturated heterocycles. The maximum atomic E-state index is 11.2. The van der Waals surface area contributed by atoms with Crippen molar-refractivity contribution in [3.05, 3.63) is 38.3 Å². The molecule has 0 saturated carbocycles. The number of benzene rings is 1. The zero-order chi connectivity index (χ0) is 10.7. The summed E-state index contributed by atoms with van der Waals surface area (Å²) in [5.74, 6) is -0.111. The first kappa shape index (κ1) is 11.3. The normalized spacial score (nSPS) is 9.86. The third-order valence-corrected chi connectivity index (χ3v) is 2.73. The molecule has 0 aliphatic heterocycles. The third-order valence-electron chi connectivity index (χ3n) is 1.59. The maximum absolute atomic E-state index is 11.2. The van der Waals surface area contributed by atoms with Crippen molar-refractivity contribution in [2.24, 2.45) is 0 Å². The Labute approximate surface area is 96.7 Å². The van der Waals surface area contributed by atoms with E-state index < -0.39 is 4.92 Å². The highest BCUT2D eigenvalue weighted by Crippen LogP contribution is 2.25. The van der Waals surface area contributed by atoms with Gasteiger partial charge in [0, 0.05) is 11.6 Å². The van der Waals surface area contributed by atoms with E-state index in [-0.39, 0.29) is 16.8 Å². The van der Waals surface area contributed by atoms with Crippen LogP contribution in [0.5, 0.6) is 0 Å². The standard InChI is InChI=1S/C8H5Br2NO3/c9-4-8(12)5-1-2-7(11(13)14)6(10)3-5/h1-3H,4H2. The Morgan fingerprint density at radius 2 is 2.14 bits per heavy atom. The molecule has 74 valence electrons. The monoisotopic (exact) mass is 321 g/mol. The Bertz CT molecular complexity index is 392. The summed E-state index contributed by atoms with van der Waals surface area (Å²) in [6, 6.07) is 4.19. The van der Waals surface area contributed by atoms with E-state index in [0.29, 0.717) is 10.0 Å². The zero-order valence-corrected chi connectivity index (χ0v) is 10.0. The van der Waals surface area contributed by atoms with Gasteiger partial charge in [0.2, 0.25) is 0 Å². The summed E-state index contributed by atoms with van der Waals surface area (Å²) < 4.78 is 0.314. The molecule has 0 N–H and O–H groups in total. The predicted molar refractivity (Wildman–Crippen MR) is 58.9 cm³/mol. The fourth-order valence-corrected chi connectivity index (χ4v) is 1.75. The lowest BCUT2D eigenvalue weighted by Crippen LogP contribution is -2.00. The lowest BCUT2D eigenvalue weighted by Gasteiger charge is -1.98. The van der Waals surface area contributed by atoms with Gasteiger partial charge in [0.1, 0.15) is 0 Å². The Kier molecular flexibility index (Phi) is 3.77. The van der Waals surface area contributed by atoms with Gasteiger partial charge in [0.15, 0.2) is 5.78 Å². The van der Waals surface area contributed by atoms with Crippen LogP contribution in [0.25, 0.3) is 0 Å². The summed E-state index contributed by atoms with van der Waals surface area (Å²) in [6.07, 6.45) is 0. The van der Waals surface area contributed by atoms with Crippen LogP contribution in [0.2, 0.25) is 0 Å². The zero-order valence-electron chi connectivity index (χ0n) is 6.87. The van der Waals surface area contributed by atoms with Crippen molar-refractivity contribution in [2.75, 3.05) is 5.33 Å². The number of nitro groups is 1. The molecule has 6 heteroatoms. The van der Waals surface area contributed by atoms with Gasteiger partial charge < -0.3 is 0 Å². The van der Waals surface area contributed by atoms with Crippen LogP contribution in [-0.2, 0) is 0 Å². The number of nitro benzene ring substituents is 1. The van der Waals surface area contributed by atoms with Gasteiger partial charge >= 0.3 is 0 Å². The molecule has 0 atom stereocenters. The van der Waals surface area contributed by atoms with E-state index in [9.17, 15) is 14.9 Å². The van der Waals surface area contributed by atoms with Gasteiger partial charge in [-0.1, -0.05) is 15.9 Å².